The van der Waals surface area contributed by atoms with Gasteiger partial charge in [0.05, 0.1) is 0 Å². The van der Waals surface area contributed by atoms with Crippen molar-refractivity contribution < 1.29 is 13.6 Å². The highest BCUT2D eigenvalue weighted by Gasteiger charge is 2.34. The minimum atomic E-state index is -0.236. The molecule has 6 heteroatoms. The van der Waals surface area contributed by atoms with Crippen LogP contribution in [0.3, 0.4) is 0 Å². The molecule has 4 rings (SSSR count). The van der Waals surface area contributed by atoms with Crippen LogP contribution in [0.5, 0.6) is 0 Å². The van der Waals surface area contributed by atoms with E-state index < -0.39 is 0 Å². The predicted octanol–water partition coefficient (Wildman–Crippen LogP) is 3.41. The lowest BCUT2D eigenvalue weighted by molar-refractivity contribution is 0.0711. The fourth-order valence-corrected chi connectivity index (χ4v) is 3.21. The summed E-state index contributed by atoms with van der Waals surface area (Å²) in [6.07, 6.45) is 5.27. The molecular weight excluding hydrogens is 309 g/mol. The van der Waals surface area contributed by atoms with E-state index in [1.54, 1.807) is 12.1 Å². The molecule has 1 N–H and O–H groups in total. The number of piperidine rings is 1. The first-order valence-electron chi connectivity index (χ1n) is 8.45. The number of carbonyl (C=O) groups is 1. The molecule has 1 saturated heterocycles. The Hall–Kier alpha value is -2.37. The van der Waals surface area contributed by atoms with E-state index in [0.29, 0.717) is 30.7 Å². The molecule has 1 aliphatic carbocycles. The Bertz CT molecular complexity index is 716. The van der Waals surface area contributed by atoms with Gasteiger partial charge in [-0.05, 0) is 49.9 Å². The molecule has 1 aromatic carbocycles. The van der Waals surface area contributed by atoms with Gasteiger partial charge >= 0.3 is 0 Å². The molecule has 0 spiro atoms. The molecule has 1 saturated carbocycles. The van der Waals surface area contributed by atoms with Crippen LogP contribution in [0.4, 0.5) is 10.1 Å². The van der Waals surface area contributed by atoms with Crippen molar-refractivity contribution in [2.75, 3.05) is 18.4 Å². The second-order valence-electron chi connectivity index (χ2n) is 6.56. The molecule has 1 amide bonds. The number of halogens is 1. The molecule has 1 aliphatic heterocycles. The van der Waals surface area contributed by atoms with Crippen LogP contribution >= 0.6 is 0 Å². The van der Waals surface area contributed by atoms with E-state index in [4.69, 9.17) is 4.42 Å². The Morgan fingerprint density at radius 3 is 2.54 bits per heavy atom. The van der Waals surface area contributed by atoms with Gasteiger partial charge in [0, 0.05) is 30.7 Å². The van der Waals surface area contributed by atoms with Crippen LogP contribution in [-0.4, -0.2) is 34.9 Å². The van der Waals surface area contributed by atoms with Crippen LogP contribution in [0.15, 0.2) is 35.1 Å². The third-order valence-corrected chi connectivity index (χ3v) is 4.74. The maximum Gasteiger partial charge on any atom is 0.276 e. The van der Waals surface area contributed by atoms with E-state index in [1.807, 2.05) is 4.90 Å². The number of nitrogens with zero attached hydrogens (tertiary/aromatic N) is 2. The van der Waals surface area contributed by atoms with Crippen molar-refractivity contribution >= 4 is 11.6 Å². The van der Waals surface area contributed by atoms with Gasteiger partial charge < -0.3 is 14.6 Å². The zero-order chi connectivity index (χ0) is 16.5. The van der Waals surface area contributed by atoms with Gasteiger partial charge in [-0.15, -0.1) is 0 Å². The maximum absolute atomic E-state index is 12.9. The third kappa shape index (κ3) is 3.13. The van der Waals surface area contributed by atoms with Crippen LogP contribution in [0, 0.1) is 5.82 Å². The number of oxazole rings is 1. The van der Waals surface area contributed by atoms with E-state index in [-0.39, 0.29) is 11.7 Å². The van der Waals surface area contributed by atoms with Crippen molar-refractivity contribution in [3.05, 3.63) is 47.9 Å². The Balaban J connectivity index is 1.34. The van der Waals surface area contributed by atoms with Crippen LogP contribution in [0.2, 0.25) is 0 Å². The number of amides is 1. The van der Waals surface area contributed by atoms with Crippen molar-refractivity contribution in [1.82, 2.24) is 9.88 Å². The fraction of sp³-hybridized carbons (Fsp3) is 0.444. The molecule has 5 nitrogen and oxygen atoms in total. The molecule has 2 aromatic rings. The van der Waals surface area contributed by atoms with Crippen molar-refractivity contribution in [3.8, 4) is 0 Å². The summed E-state index contributed by atoms with van der Waals surface area (Å²) in [5, 5.41) is 3.40. The first-order valence-corrected chi connectivity index (χ1v) is 8.45. The largest absolute Gasteiger partial charge is 0.447 e. The lowest BCUT2D eigenvalue weighted by Crippen LogP contribution is -2.42. The molecule has 0 bridgehead atoms. The number of rotatable bonds is 4. The van der Waals surface area contributed by atoms with E-state index in [9.17, 15) is 9.18 Å². The number of carbonyl (C=O) groups excluding carboxylic acids is 1. The molecule has 0 atom stereocenters. The SMILES string of the molecule is O=C(c1ncoc1C1CC1)N1CCC(Nc2ccc(F)cc2)CC1. The molecule has 0 unspecified atom stereocenters. The highest BCUT2D eigenvalue weighted by molar-refractivity contribution is 5.93. The predicted molar refractivity (Wildman–Crippen MR) is 87.4 cm³/mol. The lowest BCUT2D eigenvalue weighted by atomic mass is 10.0. The summed E-state index contributed by atoms with van der Waals surface area (Å²) < 4.78 is 18.4. The Morgan fingerprint density at radius 2 is 1.88 bits per heavy atom. The standard InChI is InChI=1S/C18H20FN3O2/c19-13-3-5-14(6-4-13)21-15-7-9-22(10-8-15)18(23)16-17(12-1-2-12)24-11-20-16/h3-6,11-12,15,21H,1-2,7-10H2. The van der Waals surface area contributed by atoms with E-state index in [1.165, 1.54) is 18.5 Å². The van der Waals surface area contributed by atoms with Gasteiger partial charge in [0.2, 0.25) is 0 Å². The van der Waals surface area contributed by atoms with Gasteiger partial charge in [0.15, 0.2) is 12.1 Å². The van der Waals surface area contributed by atoms with Crippen molar-refractivity contribution in [1.29, 1.82) is 0 Å². The van der Waals surface area contributed by atoms with Crippen molar-refractivity contribution in [2.24, 2.45) is 0 Å². The van der Waals surface area contributed by atoms with Gasteiger partial charge in [-0.25, -0.2) is 9.37 Å². The molecule has 2 fully saturated rings. The van der Waals surface area contributed by atoms with Crippen LogP contribution in [0.1, 0.15) is 47.8 Å². The molecule has 1 aromatic heterocycles. The number of benzene rings is 1. The fourth-order valence-electron chi connectivity index (χ4n) is 3.21. The van der Waals surface area contributed by atoms with Crippen molar-refractivity contribution in [2.45, 2.75) is 37.6 Å². The number of hydrogen-bond acceptors (Lipinski definition) is 4. The minimum Gasteiger partial charge on any atom is -0.447 e. The summed E-state index contributed by atoms with van der Waals surface area (Å²) in [7, 11) is 0. The second kappa shape index (κ2) is 6.26. The smallest absolute Gasteiger partial charge is 0.276 e. The summed E-state index contributed by atoms with van der Waals surface area (Å²) >= 11 is 0. The van der Waals surface area contributed by atoms with Gasteiger partial charge in [0.1, 0.15) is 11.6 Å². The summed E-state index contributed by atoms with van der Waals surface area (Å²) in [5.41, 5.74) is 1.40. The van der Waals surface area contributed by atoms with Crippen LogP contribution < -0.4 is 5.32 Å². The summed E-state index contributed by atoms with van der Waals surface area (Å²) in [4.78, 5) is 18.7. The number of anilines is 1. The Labute approximate surface area is 139 Å². The van der Waals surface area contributed by atoms with Gasteiger partial charge in [0.25, 0.3) is 5.91 Å². The number of likely N-dealkylation sites (tertiary alicyclic amines) is 1. The number of nitrogens with one attached hydrogen (secondary N) is 1. The molecule has 2 aliphatic rings. The normalized spacial score (nSPS) is 18.6. The molecule has 2 heterocycles. The molecule has 24 heavy (non-hydrogen) atoms. The quantitative estimate of drug-likeness (QED) is 0.934. The third-order valence-electron chi connectivity index (χ3n) is 4.74. The first kappa shape index (κ1) is 15.2. The highest BCUT2D eigenvalue weighted by Crippen LogP contribution is 2.41. The minimum absolute atomic E-state index is 0.0223. The van der Waals surface area contributed by atoms with Gasteiger partial charge in [-0.2, -0.15) is 0 Å². The topological polar surface area (TPSA) is 58.4 Å². The average Bonchev–Trinajstić information content (AvgIpc) is 3.34. The van der Waals surface area contributed by atoms with Crippen LogP contribution in [-0.2, 0) is 0 Å². The van der Waals surface area contributed by atoms with Crippen molar-refractivity contribution in [3.63, 3.8) is 0 Å². The monoisotopic (exact) mass is 329 g/mol. The molecular formula is C18H20FN3O2. The average molecular weight is 329 g/mol. The molecule has 0 radical (unpaired) electrons. The first-order chi connectivity index (χ1) is 11.7. The van der Waals surface area contributed by atoms with E-state index in [2.05, 4.69) is 10.3 Å². The maximum atomic E-state index is 12.9. The molecule has 126 valence electrons. The number of aromatic nitrogens is 1. The zero-order valence-corrected chi connectivity index (χ0v) is 13.4. The second-order valence-corrected chi connectivity index (χ2v) is 6.56. The van der Waals surface area contributed by atoms with E-state index in [0.717, 1.165) is 37.1 Å². The summed E-state index contributed by atoms with van der Waals surface area (Å²) in [5.74, 6) is 0.876. The van der Waals surface area contributed by atoms with E-state index >= 15 is 0 Å². The highest BCUT2D eigenvalue weighted by atomic mass is 19.1. The Kier molecular flexibility index (Phi) is 3.96. The zero-order valence-electron chi connectivity index (χ0n) is 13.4. The lowest BCUT2D eigenvalue weighted by Gasteiger charge is -2.32. The number of hydrogen-bond donors (Lipinski definition) is 1. The summed E-state index contributed by atoms with van der Waals surface area (Å²) in [6.45, 7) is 1.38. The van der Waals surface area contributed by atoms with Gasteiger partial charge in [-0.1, -0.05) is 0 Å². The Morgan fingerprint density at radius 1 is 1.17 bits per heavy atom. The van der Waals surface area contributed by atoms with Gasteiger partial charge in [-0.3, -0.25) is 4.79 Å². The van der Waals surface area contributed by atoms with Crippen LogP contribution in [0.25, 0.3) is 0 Å². The summed E-state index contributed by atoms with van der Waals surface area (Å²) in [6, 6.07) is 6.67.